The van der Waals surface area contributed by atoms with E-state index in [0.29, 0.717) is 16.9 Å². The predicted molar refractivity (Wildman–Crippen MR) is 130 cm³/mol. The molecule has 2 aromatic heterocycles. The highest BCUT2D eigenvalue weighted by Gasteiger charge is 2.15. The Balaban J connectivity index is 1.43. The fourth-order valence-corrected chi connectivity index (χ4v) is 4.91. The van der Waals surface area contributed by atoms with E-state index < -0.39 is 0 Å². The Kier molecular flexibility index (Phi) is 6.77. The summed E-state index contributed by atoms with van der Waals surface area (Å²) in [7, 11) is 1.99. The highest BCUT2D eigenvalue weighted by molar-refractivity contribution is 8.00. The second-order valence-electron chi connectivity index (χ2n) is 7.14. The maximum Gasteiger partial charge on any atom is 0.234 e. The van der Waals surface area contributed by atoms with Gasteiger partial charge in [0.15, 0.2) is 16.6 Å². The van der Waals surface area contributed by atoms with Crippen molar-refractivity contribution in [1.29, 1.82) is 0 Å². The summed E-state index contributed by atoms with van der Waals surface area (Å²) in [6.45, 7) is 2.23. The zero-order valence-corrected chi connectivity index (χ0v) is 19.2. The van der Waals surface area contributed by atoms with Crippen LogP contribution in [-0.4, -0.2) is 39.4 Å². The molecule has 32 heavy (non-hydrogen) atoms. The summed E-state index contributed by atoms with van der Waals surface area (Å²) in [5.74, 6) is -0.0331. The summed E-state index contributed by atoms with van der Waals surface area (Å²) in [6.07, 6.45) is 1.47. The minimum Gasteiger partial charge on any atom is -0.347 e. The van der Waals surface area contributed by atoms with Gasteiger partial charge >= 0.3 is 0 Å². The lowest BCUT2D eigenvalue weighted by Crippen LogP contribution is -2.15. The number of Topliss-reactive ketones (excluding diaryl/α,β-unsaturated/α-hetero) is 1. The fourth-order valence-electron chi connectivity index (χ4n) is 3.06. The van der Waals surface area contributed by atoms with Gasteiger partial charge in [0.1, 0.15) is 16.1 Å². The number of carbonyl (C=O) groups is 2. The third-order valence-electron chi connectivity index (χ3n) is 4.63. The largest absolute Gasteiger partial charge is 0.347 e. The molecule has 0 unspecified atom stereocenters. The number of amides is 1. The Hall–Kier alpha value is -3.30. The maximum absolute atomic E-state index is 12.4. The Morgan fingerprint density at radius 2 is 1.91 bits per heavy atom. The van der Waals surface area contributed by atoms with Gasteiger partial charge in [-0.2, -0.15) is 4.98 Å². The van der Waals surface area contributed by atoms with E-state index in [-0.39, 0.29) is 17.4 Å². The Morgan fingerprint density at radius 1 is 1.09 bits per heavy atom. The molecule has 0 fully saturated rings. The van der Waals surface area contributed by atoms with Crippen molar-refractivity contribution < 1.29 is 9.59 Å². The molecule has 0 radical (unpaired) electrons. The average Bonchev–Trinajstić information content (AvgIpc) is 3.24. The number of hydrogen-bond acceptors (Lipinski definition) is 8. The van der Waals surface area contributed by atoms with Crippen molar-refractivity contribution in [1.82, 2.24) is 15.0 Å². The molecule has 0 aliphatic rings. The molecule has 0 atom stereocenters. The van der Waals surface area contributed by atoms with Gasteiger partial charge in [0.2, 0.25) is 5.91 Å². The minimum absolute atomic E-state index is 0.0444. The molecule has 9 heteroatoms. The van der Waals surface area contributed by atoms with Gasteiger partial charge in [-0.15, -0.1) is 0 Å². The van der Waals surface area contributed by atoms with Crippen molar-refractivity contribution in [2.24, 2.45) is 0 Å². The van der Waals surface area contributed by atoms with Gasteiger partial charge in [0.05, 0.1) is 5.75 Å². The first kappa shape index (κ1) is 21.9. The van der Waals surface area contributed by atoms with Crippen molar-refractivity contribution >= 4 is 56.0 Å². The molecule has 2 heterocycles. The maximum atomic E-state index is 12.4. The SMILES string of the molecule is CC(=O)c1cccc(NC(=O)CSc2ncnc3nc(N(C)Cc4ccccc4)sc23)c1. The third-order valence-corrected chi connectivity index (χ3v) is 6.91. The number of nitrogens with one attached hydrogen (secondary N) is 1. The van der Waals surface area contributed by atoms with Crippen LogP contribution in [0.5, 0.6) is 0 Å². The van der Waals surface area contributed by atoms with Crippen LogP contribution in [0.4, 0.5) is 10.8 Å². The molecule has 4 rings (SSSR count). The molecule has 162 valence electrons. The van der Waals surface area contributed by atoms with Crippen LogP contribution in [0, 0.1) is 0 Å². The van der Waals surface area contributed by atoms with Gasteiger partial charge in [0, 0.05) is 24.8 Å². The monoisotopic (exact) mass is 463 g/mol. The quantitative estimate of drug-likeness (QED) is 0.231. The highest BCUT2D eigenvalue weighted by Crippen LogP contribution is 2.33. The second-order valence-corrected chi connectivity index (χ2v) is 9.09. The van der Waals surface area contributed by atoms with Crippen molar-refractivity contribution in [2.75, 3.05) is 23.0 Å². The van der Waals surface area contributed by atoms with Crippen LogP contribution in [0.15, 0.2) is 66.0 Å². The molecule has 0 saturated heterocycles. The van der Waals surface area contributed by atoms with Crippen molar-refractivity contribution in [3.63, 3.8) is 0 Å². The minimum atomic E-state index is -0.173. The lowest BCUT2D eigenvalue weighted by Gasteiger charge is -2.15. The molecular weight excluding hydrogens is 442 g/mol. The number of thiazole rings is 1. The van der Waals surface area contributed by atoms with Gasteiger partial charge in [0.25, 0.3) is 0 Å². The lowest BCUT2D eigenvalue weighted by molar-refractivity contribution is -0.113. The Labute approximate surface area is 193 Å². The topological polar surface area (TPSA) is 88.1 Å². The number of benzene rings is 2. The molecule has 0 bridgehead atoms. The van der Waals surface area contributed by atoms with E-state index in [1.807, 2.05) is 25.2 Å². The van der Waals surface area contributed by atoms with Crippen molar-refractivity contribution in [3.8, 4) is 0 Å². The van der Waals surface area contributed by atoms with Crippen LogP contribution in [0.25, 0.3) is 10.3 Å². The molecular formula is C23H21N5O2S2. The molecule has 2 aromatic carbocycles. The number of rotatable bonds is 8. The van der Waals surface area contributed by atoms with Crippen LogP contribution in [0.2, 0.25) is 0 Å². The van der Waals surface area contributed by atoms with E-state index in [2.05, 4.69) is 37.3 Å². The first-order valence-corrected chi connectivity index (χ1v) is 11.7. The van der Waals surface area contributed by atoms with E-state index in [1.165, 1.54) is 41.9 Å². The summed E-state index contributed by atoms with van der Waals surface area (Å²) in [5.41, 5.74) is 2.97. The summed E-state index contributed by atoms with van der Waals surface area (Å²) in [5, 5.41) is 4.40. The average molecular weight is 464 g/mol. The van der Waals surface area contributed by atoms with E-state index in [9.17, 15) is 9.59 Å². The molecule has 0 aliphatic heterocycles. The number of hydrogen-bond donors (Lipinski definition) is 1. The Bertz CT molecular complexity index is 1260. The smallest absolute Gasteiger partial charge is 0.234 e. The number of carbonyl (C=O) groups excluding carboxylic acids is 2. The molecule has 1 amide bonds. The summed E-state index contributed by atoms with van der Waals surface area (Å²) in [6, 6.07) is 17.1. The number of ketones is 1. The highest BCUT2D eigenvalue weighted by atomic mass is 32.2. The lowest BCUT2D eigenvalue weighted by atomic mass is 10.1. The second kappa shape index (κ2) is 9.88. The van der Waals surface area contributed by atoms with Crippen LogP contribution in [-0.2, 0) is 11.3 Å². The Morgan fingerprint density at radius 3 is 2.69 bits per heavy atom. The van der Waals surface area contributed by atoms with Gasteiger partial charge in [-0.1, -0.05) is 65.6 Å². The van der Waals surface area contributed by atoms with Crippen LogP contribution < -0.4 is 10.2 Å². The van der Waals surface area contributed by atoms with Crippen LogP contribution in [0.1, 0.15) is 22.8 Å². The van der Waals surface area contributed by atoms with E-state index >= 15 is 0 Å². The van der Waals surface area contributed by atoms with Crippen molar-refractivity contribution in [2.45, 2.75) is 18.5 Å². The van der Waals surface area contributed by atoms with E-state index in [4.69, 9.17) is 0 Å². The molecule has 0 saturated carbocycles. The van der Waals surface area contributed by atoms with E-state index in [0.717, 1.165) is 21.4 Å². The molecule has 0 aliphatic carbocycles. The summed E-state index contributed by atoms with van der Waals surface area (Å²) in [4.78, 5) is 39.3. The van der Waals surface area contributed by atoms with Crippen LogP contribution in [0.3, 0.4) is 0 Å². The number of anilines is 2. The normalized spacial score (nSPS) is 10.8. The molecule has 4 aromatic rings. The fraction of sp³-hybridized carbons (Fsp3) is 0.174. The third kappa shape index (κ3) is 5.30. The number of thioether (sulfide) groups is 1. The van der Waals surface area contributed by atoms with Gasteiger partial charge in [-0.25, -0.2) is 9.97 Å². The van der Waals surface area contributed by atoms with Gasteiger partial charge in [-0.3, -0.25) is 9.59 Å². The molecule has 0 spiro atoms. The predicted octanol–water partition coefficient (Wildman–Crippen LogP) is 4.66. The number of aromatic nitrogens is 3. The molecule has 7 nitrogen and oxygen atoms in total. The van der Waals surface area contributed by atoms with Gasteiger partial charge in [-0.05, 0) is 24.6 Å². The summed E-state index contributed by atoms with van der Waals surface area (Å²) >= 11 is 2.85. The molecule has 1 N–H and O–H groups in total. The zero-order chi connectivity index (χ0) is 22.5. The first-order chi connectivity index (χ1) is 15.5. The first-order valence-electron chi connectivity index (χ1n) is 9.90. The van der Waals surface area contributed by atoms with Gasteiger partial charge < -0.3 is 10.2 Å². The number of fused-ring (bicyclic) bond motifs is 1. The van der Waals surface area contributed by atoms with E-state index in [1.54, 1.807) is 24.3 Å². The number of nitrogens with zero attached hydrogens (tertiary/aromatic N) is 4. The van der Waals surface area contributed by atoms with Crippen molar-refractivity contribution in [3.05, 3.63) is 72.1 Å². The standard InChI is InChI=1S/C23H21N5O2S2/c1-15(29)17-9-6-10-18(11-17)26-19(30)13-31-22-20-21(24-14-25-22)27-23(32-20)28(2)12-16-7-4-3-5-8-16/h3-11,14H,12-13H2,1-2H3,(H,26,30). The zero-order valence-electron chi connectivity index (χ0n) is 17.6. The van der Waals surface area contributed by atoms with Crippen LogP contribution >= 0.6 is 23.1 Å². The summed E-state index contributed by atoms with van der Waals surface area (Å²) < 4.78 is 0.860.